The molecule has 30 heavy (non-hydrogen) atoms. The number of fused-ring (bicyclic) bond motifs is 2. The molecule has 3 heterocycles. The molecule has 1 fully saturated rings. The standard InChI is InChI=1S/C21H15FN2O4S2/c1-28-13-8-6-12(7-9-13)24-19(25)15-14(10-2-4-11(22)5-3-10)16-18(23-21(27)30-16)29-17(15)20(24)26/h2-9,14-15,17H,1H3,(H,23,27)/t14-,15-,17+/m0/s1. The number of nitrogens with one attached hydrogen (secondary N) is 1. The summed E-state index contributed by atoms with van der Waals surface area (Å²) in [6.45, 7) is 0. The topological polar surface area (TPSA) is 79.5 Å². The number of aromatic nitrogens is 1. The summed E-state index contributed by atoms with van der Waals surface area (Å²) in [4.78, 5) is 43.2. The van der Waals surface area contributed by atoms with Gasteiger partial charge in [-0.25, -0.2) is 9.29 Å². The van der Waals surface area contributed by atoms with Crippen molar-refractivity contribution in [3.63, 3.8) is 0 Å². The molecule has 2 aromatic carbocycles. The van der Waals surface area contributed by atoms with Crippen molar-refractivity contribution in [1.82, 2.24) is 4.98 Å². The minimum absolute atomic E-state index is 0.244. The molecular weight excluding hydrogens is 427 g/mol. The van der Waals surface area contributed by atoms with Crippen LogP contribution in [0.5, 0.6) is 5.75 Å². The Bertz CT molecular complexity index is 1200. The number of anilines is 1. The minimum Gasteiger partial charge on any atom is -0.497 e. The van der Waals surface area contributed by atoms with Gasteiger partial charge in [0.2, 0.25) is 11.8 Å². The van der Waals surface area contributed by atoms with Gasteiger partial charge in [0.15, 0.2) is 0 Å². The Morgan fingerprint density at radius 2 is 1.70 bits per heavy atom. The van der Waals surface area contributed by atoms with Crippen LogP contribution >= 0.6 is 23.1 Å². The number of ether oxygens (including phenoxy) is 1. The number of H-pyrrole nitrogens is 1. The highest BCUT2D eigenvalue weighted by molar-refractivity contribution is 8.00. The first-order chi connectivity index (χ1) is 14.5. The van der Waals surface area contributed by atoms with Gasteiger partial charge < -0.3 is 9.72 Å². The number of benzene rings is 2. The summed E-state index contributed by atoms with van der Waals surface area (Å²) in [5, 5.41) is -0.0780. The summed E-state index contributed by atoms with van der Waals surface area (Å²) in [7, 11) is 1.54. The Labute approximate surface area is 178 Å². The van der Waals surface area contributed by atoms with Crippen LogP contribution in [0.3, 0.4) is 0 Å². The number of halogens is 1. The zero-order chi connectivity index (χ0) is 21.0. The van der Waals surface area contributed by atoms with E-state index < -0.39 is 22.9 Å². The van der Waals surface area contributed by atoms with E-state index in [-0.39, 0.29) is 16.7 Å². The number of nitrogens with zero attached hydrogens (tertiary/aromatic N) is 1. The molecule has 5 rings (SSSR count). The predicted molar refractivity (Wildman–Crippen MR) is 112 cm³/mol. The first-order valence-corrected chi connectivity index (χ1v) is 10.8. The Morgan fingerprint density at radius 1 is 1.00 bits per heavy atom. The summed E-state index contributed by atoms with van der Waals surface area (Å²) in [5.74, 6) is -1.62. The van der Waals surface area contributed by atoms with Gasteiger partial charge in [-0.1, -0.05) is 35.2 Å². The molecule has 6 nitrogen and oxygen atoms in total. The Morgan fingerprint density at radius 3 is 2.37 bits per heavy atom. The van der Waals surface area contributed by atoms with Gasteiger partial charge in [-0.3, -0.25) is 14.4 Å². The maximum absolute atomic E-state index is 13.5. The molecule has 2 aliphatic heterocycles. The number of methoxy groups -OCH3 is 1. The number of amides is 2. The molecule has 0 bridgehead atoms. The van der Waals surface area contributed by atoms with Crippen LogP contribution in [-0.4, -0.2) is 29.2 Å². The number of rotatable bonds is 3. The molecule has 152 valence electrons. The lowest BCUT2D eigenvalue weighted by Gasteiger charge is -2.29. The lowest BCUT2D eigenvalue weighted by atomic mass is 9.83. The molecule has 9 heteroatoms. The molecule has 2 aliphatic rings. The van der Waals surface area contributed by atoms with Crippen molar-refractivity contribution in [3.05, 3.63) is 74.5 Å². The Hall–Kier alpha value is -2.91. The minimum atomic E-state index is -0.686. The molecule has 0 spiro atoms. The zero-order valence-electron chi connectivity index (χ0n) is 15.6. The van der Waals surface area contributed by atoms with Gasteiger partial charge in [-0.15, -0.1) is 0 Å². The average molecular weight is 442 g/mol. The van der Waals surface area contributed by atoms with Gasteiger partial charge in [0.25, 0.3) is 0 Å². The van der Waals surface area contributed by atoms with Gasteiger partial charge in [0, 0.05) is 10.8 Å². The number of hydrogen-bond acceptors (Lipinski definition) is 6. The van der Waals surface area contributed by atoms with Gasteiger partial charge in [0.1, 0.15) is 16.8 Å². The maximum atomic E-state index is 13.5. The van der Waals surface area contributed by atoms with E-state index in [1.165, 1.54) is 28.8 Å². The normalized spacial score (nSPS) is 22.7. The van der Waals surface area contributed by atoms with Crippen molar-refractivity contribution in [1.29, 1.82) is 0 Å². The van der Waals surface area contributed by atoms with Crippen LogP contribution in [0.15, 0.2) is 58.4 Å². The van der Waals surface area contributed by atoms with E-state index in [1.807, 2.05) is 0 Å². The van der Waals surface area contributed by atoms with Crippen molar-refractivity contribution in [3.8, 4) is 5.75 Å². The van der Waals surface area contributed by atoms with Gasteiger partial charge in [-0.2, -0.15) is 0 Å². The SMILES string of the molecule is COc1ccc(N2C(=O)[C@H]3[C@H](c4ccc(F)cc4)c4sc(=O)[nH]c4S[C@H]3C2=O)cc1. The van der Waals surface area contributed by atoms with Crippen molar-refractivity contribution >= 4 is 40.6 Å². The summed E-state index contributed by atoms with van der Waals surface area (Å²) in [5.41, 5.74) is 1.16. The lowest BCUT2D eigenvalue weighted by Crippen LogP contribution is -2.32. The number of carbonyl (C=O) groups excluding carboxylic acids is 2. The van der Waals surface area contributed by atoms with Gasteiger partial charge >= 0.3 is 4.87 Å². The van der Waals surface area contributed by atoms with Crippen molar-refractivity contribution in [2.75, 3.05) is 12.0 Å². The molecule has 1 N–H and O–H groups in total. The fourth-order valence-corrected chi connectivity index (χ4v) is 6.55. The second kappa shape index (κ2) is 7.10. The summed E-state index contributed by atoms with van der Waals surface area (Å²) in [6.07, 6.45) is 0. The van der Waals surface area contributed by atoms with E-state index in [1.54, 1.807) is 43.5 Å². The fourth-order valence-electron chi connectivity index (χ4n) is 4.03. The first-order valence-electron chi connectivity index (χ1n) is 9.15. The fraction of sp³-hybridized carbons (Fsp3) is 0.190. The monoisotopic (exact) mass is 442 g/mol. The van der Waals surface area contributed by atoms with Crippen LogP contribution in [0.2, 0.25) is 0 Å². The van der Waals surface area contributed by atoms with Crippen LogP contribution in [0, 0.1) is 11.7 Å². The van der Waals surface area contributed by atoms with Crippen LogP contribution in [0.1, 0.15) is 16.4 Å². The van der Waals surface area contributed by atoms with Crippen LogP contribution in [0.25, 0.3) is 0 Å². The third-order valence-corrected chi connectivity index (χ3v) is 7.78. The number of hydrogen-bond donors (Lipinski definition) is 1. The lowest BCUT2D eigenvalue weighted by molar-refractivity contribution is -0.122. The van der Waals surface area contributed by atoms with E-state index >= 15 is 0 Å². The zero-order valence-corrected chi connectivity index (χ0v) is 17.3. The van der Waals surface area contributed by atoms with E-state index in [0.717, 1.165) is 11.3 Å². The number of thiazole rings is 1. The van der Waals surface area contributed by atoms with Gasteiger partial charge in [-0.05, 0) is 42.0 Å². The van der Waals surface area contributed by atoms with E-state index in [4.69, 9.17) is 4.74 Å². The highest BCUT2D eigenvalue weighted by Crippen LogP contribution is 2.53. The number of carbonyl (C=O) groups is 2. The summed E-state index contributed by atoms with van der Waals surface area (Å²) >= 11 is 2.24. The number of aromatic amines is 1. The van der Waals surface area contributed by atoms with Crippen LogP contribution in [0.4, 0.5) is 10.1 Å². The quantitative estimate of drug-likeness (QED) is 0.629. The second-order valence-electron chi connectivity index (χ2n) is 7.01. The molecule has 0 aliphatic carbocycles. The highest BCUT2D eigenvalue weighted by atomic mass is 32.2. The van der Waals surface area contributed by atoms with Crippen LogP contribution in [-0.2, 0) is 9.59 Å². The summed E-state index contributed by atoms with van der Waals surface area (Å²) < 4.78 is 18.7. The van der Waals surface area contributed by atoms with E-state index in [0.29, 0.717) is 26.9 Å². The maximum Gasteiger partial charge on any atom is 0.305 e. The molecule has 3 atom stereocenters. The first kappa shape index (κ1) is 19.1. The van der Waals surface area contributed by atoms with Gasteiger partial charge in [0.05, 0.1) is 23.7 Å². The molecule has 1 aromatic heterocycles. The molecule has 1 saturated heterocycles. The highest BCUT2D eigenvalue weighted by Gasteiger charge is 2.56. The predicted octanol–water partition coefficient (Wildman–Crippen LogP) is 3.38. The Kier molecular flexibility index (Phi) is 4.52. The molecule has 0 unspecified atom stereocenters. The third kappa shape index (κ3) is 2.88. The average Bonchev–Trinajstić information content (AvgIpc) is 3.24. The Balaban J connectivity index is 1.62. The molecule has 0 saturated carbocycles. The van der Waals surface area contributed by atoms with Crippen LogP contribution < -0.4 is 14.5 Å². The molecular formula is C21H15FN2O4S2. The van der Waals surface area contributed by atoms with Crippen molar-refractivity contribution < 1.29 is 18.7 Å². The largest absolute Gasteiger partial charge is 0.497 e. The molecule has 0 radical (unpaired) electrons. The summed E-state index contributed by atoms with van der Waals surface area (Å²) in [6, 6.07) is 12.6. The number of thioether (sulfide) groups is 1. The van der Waals surface area contributed by atoms with Crippen molar-refractivity contribution in [2.24, 2.45) is 5.92 Å². The van der Waals surface area contributed by atoms with Crippen molar-refractivity contribution in [2.45, 2.75) is 16.2 Å². The number of imide groups is 1. The molecule has 2 amide bonds. The van der Waals surface area contributed by atoms with E-state index in [2.05, 4.69) is 4.98 Å². The third-order valence-electron chi connectivity index (χ3n) is 5.38. The van der Waals surface area contributed by atoms with E-state index in [9.17, 15) is 18.8 Å². The molecule has 3 aromatic rings. The smallest absolute Gasteiger partial charge is 0.305 e. The second-order valence-corrected chi connectivity index (χ2v) is 9.18.